The molecule has 0 aliphatic carbocycles. The van der Waals surface area contributed by atoms with E-state index in [0.29, 0.717) is 5.82 Å². The van der Waals surface area contributed by atoms with Gasteiger partial charge in [-0.1, -0.05) is 12.1 Å². The number of hydrogen-bond acceptors (Lipinski definition) is 3. The SMILES string of the molecule is Cn1nc(-c2ccc(Br)s2)c(-c2ccc(F)cc2)c1N. The van der Waals surface area contributed by atoms with Crippen molar-refractivity contribution in [3.8, 4) is 21.7 Å². The number of hydrogen-bond donors (Lipinski definition) is 1. The summed E-state index contributed by atoms with van der Waals surface area (Å²) in [6, 6.07) is 10.2. The predicted molar refractivity (Wildman–Crippen MR) is 84.0 cm³/mol. The van der Waals surface area contributed by atoms with E-state index in [1.807, 2.05) is 12.1 Å². The molecule has 6 heteroatoms. The van der Waals surface area contributed by atoms with Gasteiger partial charge in [-0.3, -0.25) is 4.68 Å². The van der Waals surface area contributed by atoms with Crippen molar-refractivity contribution in [1.82, 2.24) is 9.78 Å². The van der Waals surface area contributed by atoms with Crippen LogP contribution in [0.25, 0.3) is 21.7 Å². The second-order valence-electron chi connectivity index (χ2n) is 4.34. The van der Waals surface area contributed by atoms with E-state index in [4.69, 9.17) is 5.73 Å². The van der Waals surface area contributed by atoms with Crippen LogP contribution in [0.15, 0.2) is 40.2 Å². The Hall–Kier alpha value is -1.66. The molecular weight excluding hydrogens is 341 g/mol. The third-order valence-electron chi connectivity index (χ3n) is 3.03. The van der Waals surface area contributed by atoms with Crippen LogP contribution in [0, 0.1) is 5.82 Å². The quantitative estimate of drug-likeness (QED) is 0.747. The van der Waals surface area contributed by atoms with Crippen LogP contribution in [0.1, 0.15) is 0 Å². The lowest BCUT2D eigenvalue weighted by molar-refractivity contribution is 0.628. The molecule has 3 rings (SSSR count). The van der Waals surface area contributed by atoms with Gasteiger partial charge in [0.05, 0.1) is 14.2 Å². The zero-order valence-electron chi connectivity index (χ0n) is 10.6. The molecule has 0 fully saturated rings. The van der Waals surface area contributed by atoms with Gasteiger partial charge in [0.2, 0.25) is 0 Å². The molecule has 0 saturated carbocycles. The standard InChI is InChI=1S/C14H11BrFN3S/c1-19-14(17)12(8-2-4-9(16)5-3-8)13(18-19)10-6-7-11(15)20-10/h2-7H,17H2,1H3. The number of nitrogen functional groups attached to an aromatic ring is 1. The van der Waals surface area contributed by atoms with Crippen LogP contribution in [0.5, 0.6) is 0 Å². The number of aryl methyl sites for hydroxylation is 1. The highest BCUT2D eigenvalue weighted by atomic mass is 79.9. The second-order valence-corrected chi connectivity index (χ2v) is 6.81. The number of nitrogens with two attached hydrogens (primary N) is 1. The molecular formula is C14H11BrFN3S. The van der Waals surface area contributed by atoms with Crippen LogP contribution >= 0.6 is 27.3 Å². The topological polar surface area (TPSA) is 43.8 Å². The van der Waals surface area contributed by atoms with Gasteiger partial charge in [-0.25, -0.2) is 4.39 Å². The molecule has 0 radical (unpaired) electrons. The number of rotatable bonds is 2. The van der Waals surface area contributed by atoms with E-state index in [1.54, 1.807) is 35.2 Å². The Labute approximate surface area is 128 Å². The normalized spacial score (nSPS) is 10.9. The number of anilines is 1. The van der Waals surface area contributed by atoms with Crippen molar-refractivity contribution in [2.24, 2.45) is 7.05 Å². The largest absolute Gasteiger partial charge is 0.383 e. The molecule has 2 N–H and O–H groups in total. The van der Waals surface area contributed by atoms with Crippen LogP contribution in [0.3, 0.4) is 0 Å². The van der Waals surface area contributed by atoms with E-state index in [-0.39, 0.29) is 5.82 Å². The molecule has 3 nitrogen and oxygen atoms in total. The minimum atomic E-state index is -0.267. The summed E-state index contributed by atoms with van der Waals surface area (Å²) >= 11 is 5.03. The average molecular weight is 352 g/mol. The fourth-order valence-electron chi connectivity index (χ4n) is 2.05. The summed E-state index contributed by atoms with van der Waals surface area (Å²) in [5, 5.41) is 4.48. The summed E-state index contributed by atoms with van der Waals surface area (Å²) in [5.74, 6) is 0.299. The smallest absolute Gasteiger partial charge is 0.129 e. The van der Waals surface area contributed by atoms with Gasteiger partial charge in [0, 0.05) is 7.05 Å². The molecule has 2 aromatic heterocycles. The number of thiophene rings is 1. The summed E-state index contributed by atoms with van der Waals surface area (Å²) < 4.78 is 15.7. The molecule has 0 aliphatic rings. The number of benzene rings is 1. The molecule has 20 heavy (non-hydrogen) atoms. The van der Waals surface area contributed by atoms with E-state index in [2.05, 4.69) is 21.0 Å². The second kappa shape index (κ2) is 5.03. The lowest BCUT2D eigenvalue weighted by Crippen LogP contribution is -1.97. The van der Waals surface area contributed by atoms with Crippen molar-refractivity contribution in [3.05, 3.63) is 46.0 Å². The van der Waals surface area contributed by atoms with Gasteiger partial charge < -0.3 is 5.73 Å². The fraction of sp³-hybridized carbons (Fsp3) is 0.0714. The van der Waals surface area contributed by atoms with Crippen LogP contribution in [0.4, 0.5) is 10.2 Å². The third-order valence-corrected chi connectivity index (χ3v) is 4.66. The molecule has 0 bridgehead atoms. The third kappa shape index (κ3) is 2.25. The predicted octanol–water partition coefficient (Wildman–Crippen LogP) is 4.30. The van der Waals surface area contributed by atoms with Gasteiger partial charge in [-0.15, -0.1) is 11.3 Å². The van der Waals surface area contributed by atoms with Crippen LogP contribution < -0.4 is 5.73 Å². The first-order valence-electron chi connectivity index (χ1n) is 5.90. The molecule has 0 amide bonds. The molecule has 0 saturated heterocycles. The zero-order chi connectivity index (χ0) is 14.3. The van der Waals surface area contributed by atoms with Crippen LogP contribution in [0.2, 0.25) is 0 Å². The van der Waals surface area contributed by atoms with E-state index >= 15 is 0 Å². The van der Waals surface area contributed by atoms with Crippen molar-refractivity contribution < 1.29 is 4.39 Å². The first-order valence-corrected chi connectivity index (χ1v) is 7.51. The Morgan fingerprint density at radius 1 is 1.20 bits per heavy atom. The lowest BCUT2D eigenvalue weighted by Gasteiger charge is -2.03. The minimum absolute atomic E-state index is 0.267. The number of aromatic nitrogens is 2. The summed E-state index contributed by atoms with van der Waals surface area (Å²) in [6.07, 6.45) is 0. The minimum Gasteiger partial charge on any atom is -0.383 e. The van der Waals surface area contributed by atoms with Crippen molar-refractivity contribution in [3.63, 3.8) is 0 Å². The summed E-state index contributed by atoms with van der Waals surface area (Å²) in [5.41, 5.74) is 8.62. The van der Waals surface area contributed by atoms with E-state index < -0.39 is 0 Å². The van der Waals surface area contributed by atoms with Gasteiger partial charge >= 0.3 is 0 Å². The van der Waals surface area contributed by atoms with Gasteiger partial charge in [-0.2, -0.15) is 5.10 Å². The maximum atomic E-state index is 13.1. The molecule has 0 unspecified atom stereocenters. The van der Waals surface area contributed by atoms with E-state index in [1.165, 1.54) is 12.1 Å². The van der Waals surface area contributed by atoms with Crippen LogP contribution in [-0.2, 0) is 7.05 Å². The summed E-state index contributed by atoms with van der Waals surface area (Å²) in [6.45, 7) is 0. The molecule has 0 aliphatic heterocycles. The van der Waals surface area contributed by atoms with Crippen LogP contribution in [-0.4, -0.2) is 9.78 Å². The van der Waals surface area contributed by atoms with E-state index in [9.17, 15) is 4.39 Å². The molecule has 0 spiro atoms. The Balaban J connectivity index is 2.21. The van der Waals surface area contributed by atoms with Crippen molar-refractivity contribution >= 4 is 33.1 Å². The number of nitrogens with zero attached hydrogens (tertiary/aromatic N) is 2. The Kier molecular flexibility index (Phi) is 3.35. The zero-order valence-corrected chi connectivity index (χ0v) is 13.0. The van der Waals surface area contributed by atoms with Gasteiger partial charge in [-0.05, 0) is 45.8 Å². The molecule has 3 aromatic rings. The fourth-order valence-corrected chi connectivity index (χ4v) is 3.43. The lowest BCUT2D eigenvalue weighted by atomic mass is 10.0. The maximum absolute atomic E-state index is 13.1. The highest BCUT2D eigenvalue weighted by Crippen LogP contribution is 2.39. The van der Waals surface area contributed by atoms with E-state index in [0.717, 1.165) is 25.5 Å². The van der Waals surface area contributed by atoms with Gasteiger partial charge in [0.25, 0.3) is 0 Å². The number of halogens is 2. The Morgan fingerprint density at radius 3 is 2.50 bits per heavy atom. The molecule has 1 aromatic carbocycles. The summed E-state index contributed by atoms with van der Waals surface area (Å²) in [7, 11) is 1.80. The first-order chi connectivity index (χ1) is 9.56. The monoisotopic (exact) mass is 351 g/mol. The van der Waals surface area contributed by atoms with Crippen molar-refractivity contribution in [2.45, 2.75) is 0 Å². The highest BCUT2D eigenvalue weighted by Gasteiger charge is 2.18. The summed E-state index contributed by atoms with van der Waals surface area (Å²) in [4.78, 5) is 1.02. The Bertz CT molecular complexity index is 761. The van der Waals surface area contributed by atoms with Crippen molar-refractivity contribution in [1.29, 1.82) is 0 Å². The Morgan fingerprint density at radius 2 is 1.90 bits per heavy atom. The van der Waals surface area contributed by atoms with Crippen molar-refractivity contribution in [2.75, 3.05) is 5.73 Å². The molecule has 102 valence electrons. The maximum Gasteiger partial charge on any atom is 0.129 e. The first kappa shape index (κ1) is 13.3. The average Bonchev–Trinajstić information content (AvgIpc) is 2.97. The highest BCUT2D eigenvalue weighted by molar-refractivity contribution is 9.11. The molecule has 2 heterocycles. The van der Waals surface area contributed by atoms with Gasteiger partial charge in [0.15, 0.2) is 0 Å². The molecule has 0 atom stereocenters. The van der Waals surface area contributed by atoms with Gasteiger partial charge in [0.1, 0.15) is 17.3 Å².